The Bertz CT molecular complexity index is 368. The van der Waals surface area contributed by atoms with Gasteiger partial charge in [-0.25, -0.2) is 4.39 Å². The van der Waals surface area contributed by atoms with Gasteiger partial charge in [0.1, 0.15) is 5.82 Å². The van der Waals surface area contributed by atoms with Crippen molar-refractivity contribution in [1.82, 2.24) is 5.32 Å². The second-order valence-electron chi connectivity index (χ2n) is 5.13. The van der Waals surface area contributed by atoms with E-state index in [0.717, 1.165) is 18.4 Å². The van der Waals surface area contributed by atoms with Crippen LogP contribution in [0.15, 0.2) is 18.2 Å². The van der Waals surface area contributed by atoms with Crippen molar-refractivity contribution in [2.45, 2.75) is 57.9 Å². The van der Waals surface area contributed by atoms with Crippen LogP contribution in [0.25, 0.3) is 0 Å². The Balaban J connectivity index is 2.39. The van der Waals surface area contributed by atoms with Crippen LogP contribution in [0.5, 0.6) is 0 Å². The van der Waals surface area contributed by atoms with Crippen LogP contribution in [-0.2, 0) is 6.42 Å². The molecule has 0 aliphatic carbocycles. The third-order valence-corrected chi connectivity index (χ3v) is 3.90. The fraction of sp³-hybridized carbons (Fsp3) is 0.625. The lowest BCUT2D eigenvalue weighted by Gasteiger charge is -2.17. The summed E-state index contributed by atoms with van der Waals surface area (Å²) >= 11 is 6.07. The zero-order valence-electron chi connectivity index (χ0n) is 12.0. The maximum absolute atomic E-state index is 13.0. The van der Waals surface area contributed by atoms with Crippen molar-refractivity contribution in [2.24, 2.45) is 0 Å². The van der Waals surface area contributed by atoms with Crippen molar-refractivity contribution in [1.29, 1.82) is 0 Å². The average molecular weight is 286 g/mol. The molecule has 0 heterocycles. The van der Waals surface area contributed by atoms with Crippen LogP contribution in [0.1, 0.15) is 51.0 Å². The number of benzene rings is 1. The van der Waals surface area contributed by atoms with Crippen molar-refractivity contribution in [3.63, 3.8) is 0 Å². The van der Waals surface area contributed by atoms with E-state index >= 15 is 0 Å². The lowest BCUT2D eigenvalue weighted by atomic mass is 10.00. The van der Waals surface area contributed by atoms with Crippen molar-refractivity contribution in [2.75, 3.05) is 7.05 Å². The fourth-order valence-electron chi connectivity index (χ4n) is 2.30. The molecular formula is C16H25ClFN. The molecule has 0 aliphatic rings. The zero-order valence-corrected chi connectivity index (χ0v) is 12.8. The van der Waals surface area contributed by atoms with E-state index in [1.54, 1.807) is 6.07 Å². The van der Waals surface area contributed by atoms with Gasteiger partial charge in [0.2, 0.25) is 0 Å². The molecule has 0 fully saturated rings. The van der Waals surface area contributed by atoms with E-state index in [2.05, 4.69) is 12.2 Å². The van der Waals surface area contributed by atoms with Gasteiger partial charge in [0, 0.05) is 11.1 Å². The van der Waals surface area contributed by atoms with Gasteiger partial charge in [0.25, 0.3) is 0 Å². The Hall–Kier alpha value is -0.600. The molecule has 0 aromatic heterocycles. The van der Waals surface area contributed by atoms with Gasteiger partial charge in [-0.05, 0) is 37.6 Å². The standard InChI is InChI=1S/C16H25ClFN/c1-3-4-5-6-7-8-15(19-2)11-13-9-10-14(18)12-16(13)17/h9-10,12,15,19H,3-8,11H2,1-2H3. The van der Waals surface area contributed by atoms with Crippen molar-refractivity contribution < 1.29 is 4.39 Å². The molecule has 1 N–H and O–H groups in total. The minimum atomic E-state index is -0.269. The molecule has 0 saturated heterocycles. The predicted molar refractivity (Wildman–Crippen MR) is 81.3 cm³/mol. The molecule has 19 heavy (non-hydrogen) atoms. The van der Waals surface area contributed by atoms with Crippen molar-refractivity contribution in [3.8, 4) is 0 Å². The molecule has 108 valence electrons. The summed E-state index contributed by atoms with van der Waals surface area (Å²) in [6.45, 7) is 2.23. The number of likely N-dealkylation sites (N-methyl/N-ethyl adjacent to an activating group) is 1. The summed E-state index contributed by atoms with van der Waals surface area (Å²) in [5, 5.41) is 3.86. The molecule has 1 atom stereocenters. The predicted octanol–water partition coefficient (Wildman–Crippen LogP) is 4.97. The maximum Gasteiger partial charge on any atom is 0.124 e. The number of hydrogen-bond acceptors (Lipinski definition) is 1. The summed E-state index contributed by atoms with van der Waals surface area (Å²) in [5.74, 6) is -0.269. The molecule has 0 saturated carbocycles. The molecule has 1 unspecified atom stereocenters. The minimum Gasteiger partial charge on any atom is -0.317 e. The Morgan fingerprint density at radius 2 is 1.95 bits per heavy atom. The van der Waals surface area contributed by atoms with Crippen LogP contribution in [0.3, 0.4) is 0 Å². The van der Waals surface area contributed by atoms with Gasteiger partial charge in [-0.15, -0.1) is 0 Å². The zero-order chi connectivity index (χ0) is 14.1. The molecule has 3 heteroatoms. The van der Waals surface area contributed by atoms with E-state index in [-0.39, 0.29) is 5.82 Å². The molecule has 0 radical (unpaired) electrons. The normalized spacial score (nSPS) is 12.6. The third-order valence-electron chi connectivity index (χ3n) is 3.55. The van der Waals surface area contributed by atoms with E-state index in [1.807, 2.05) is 7.05 Å². The molecule has 0 bridgehead atoms. The number of rotatable bonds is 9. The van der Waals surface area contributed by atoms with E-state index < -0.39 is 0 Å². The Morgan fingerprint density at radius 3 is 2.58 bits per heavy atom. The Labute approximate surface area is 121 Å². The van der Waals surface area contributed by atoms with Crippen LogP contribution < -0.4 is 5.32 Å². The topological polar surface area (TPSA) is 12.0 Å². The van der Waals surface area contributed by atoms with Crippen LogP contribution >= 0.6 is 11.6 Å². The molecule has 1 aromatic rings. The summed E-state index contributed by atoms with van der Waals surface area (Å²) in [5.41, 5.74) is 1.02. The summed E-state index contributed by atoms with van der Waals surface area (Å²) in [6.07, 6.45) is 8.48. The van der Waals surface area contributed by atoms with E-state index in [0.29, 0.717) is 11.1 Å². The highest BCUT2D eigenvalue weighted by Crippen LogP contribution is 2.20. The van der Waals surface area contributed by atoms with Crippen LogP contribution in [0, 0.1) is 5.82 Å². The first-order valence-corrected chi connectivity index (χ1v) is 7.66. The van der Waals surface area contributed by atoms with Crippen LogP contribution in [0.4, 0.5) is 4.39 Å². The van der Waals surface area contributed by atoms with Gasteiger partial charge in [0.15, 0.2) is 0 Å². The molecule has 1 nitrogen and oxygen atoms in total. The van der Waals surface area contributed by atoms with E-state index in [1.165, 1.54) is 44.2 Å². The number of hydrogen-bond donors (Lipinski definition) is 1. The highest BCUT2D eigenvalue weighted by molar-refractivity contribution is 6.31. The highest BCUT2D eigenvalue weighted by atomic mass is 35.5. The van der Waals surface area contributed by atoms with E-state index in [4.69, 9.17) is 11.6 Å². The number of halogens is 2. The number of nitrogens with one attached hydrogen (secondary N) is 1. The Kier molecular flexibility index (Phi) is 8.08. The quantitative estimate of drug-likeness (QED) is 0.632. The number of unbranched alkanes of at least 4 members (excludes halogenated alkanes) is 4. The second-order valence-corrected chi connectivity index (χ2v) is 5.54. The fourth-order valence-corrected chi connectivity index (χ4v) is 2.54. The van der Waals surface area contributed by atoms with Crippen molar-refractivity contribution >= 4 is 11.6 Å². The van der Waals surface area contributed by atoms with Gasteiger partial charge in [-0.3, -0.25) is 0 Å². The summed E-state index contributed by atoms with van der Waals surface area (Å²) < 4.78 is 13.0. The molecule has 1 aromatic carbocycles. The largest absolute Gasteiger partial charge is 0.317 e. The monoisotopic (exact) mass is 285 g/mol. The van der Waals surface area contributed by atoms with Crippen LogP contribution in [-0.4, -0.2) is 13.1 Å². The Morgan fingerprint density at radius 1 is 1.21 bits per heavy atom. The first kappa shape index (κ1) is 16.5. The van der Waals surface area contributed by atoms with E-state index in [9.17, 15) is 4.39 Å². The molecule has 0 amide bonds. The first-order valence-electron chi connectivity index (χ1n) is 7.28. The van der Waals surface area contributed by atoms with Gasteiger partial charge in [0.05, 0.1) is 0 Å². The summed E-state index contributed by atoms with van der Waals surface area (Å²) in [6, 6.07) is 5.09. The summed E-state index contributed by atoms with van der Waals surface area (Å²) in [7, 11) is 1.98. The minimum absolute atomic E-state index is 0.269. The maximum atomic E-state index is 13.0. The average Bonchev–Trinajstić information content (AvgIpc) is 2.39. The second kappa shape index (κ2) is 9.33. The third kappa shape index (κ3) is 6.40. The first-order chi connectivity index (χ1) is 9.17. The molecule has 0 spiro atoms. The highest BCUT2D eigenvalue weighted by Gasteiger charge is 2.10. The lowest BCUT2D eigenvalue weighted by molar-refractivity contribution is 0.481. The van der Waals surface area contributed by atoms with Gasteiger partial charge < -0.3 is 5.32 Å². The molecule has 0 aliphatic heterocycles. The summed E-state index contributed by atoms with van der Waals surface area (Å²) in [4.78, 5) is 0. The lowest BCUT2D eigenvalue weighted by Crippen LogP contribution is -2.27. The van der Waals surface area contributed by atoms with Crippen molar-refractivity contribution in [3.05, 3.63) is 34.6 Å². The van der Waals surface area contributed by atoms with Gasteiger partial charge >= 0.3 is 0 Å². The molecule has 1 rings (SSSR count). The smallest absolute Gasteiger partial charge is 0.124 e. The van der Waals surface area contributed by atoms with Crippen LogP contribution in [0.2, 0.25) is 5.02 Å². The SMILES string of the molecule is CCCCCCCC(Cc1ccc(F)cc1Cl)NC. The molecular weight excluding hydrogens is 261 g/mol. The van der Waals surface area contributed by atoms with Gasteiger partial charge in [-0.1, -0.05) is 56.7 Å². The van der Waals surface area contributed by atoms with Gasteiger partial charge in [-0.2, -0.15) is 0 Å².